The highest BCUT2D eigenvalue weighted by atomic mass is 16.5. The SMILES string of the molecule is CCOc1ccc(CNCC2CC3CCC2C3)cc1. The fraction of sp³-hybridized carbons (Fsp3) is 0.647. The van der Waals surface area contributed by atoms with Crippen molar-refractivity contribution in [3.63, 3.8) is 0 Å². The minimum absolute atomic E-state index is 0.738. The van der Waals surface area contributed by atoms with Crippen LogP contribution in [0.4, 0.5) is 0 Å². The molecular formula is C17H25NO. The third-order valence-corrected chi connectivity index (χ3v) is 4.85. The Morgan fingerprint density at radius 1 is 1.16 bits per heavy atom. The summed E-state index contributed by atoms with van der Waals surface area (Å²) >= 11 is 0. The van der Waals surface area contributed by atoms with Gasteiger partial charge in [0.2, 0.25) is 0 Å². The number of ether oxygens (including phenoxy) is 1. The molecule has 1 aromatic rings. The summed E-state index contributed by atoms with van der Waals surface area (Å²) in [7, 11) is 0. The smallest absolute Gasteiger partial charge is 0.119 e. The number of benzene rings is 1. The third-order valence-electron chi connectivity index (χ3n) is 4.85. The van der Waals surface area contributed by atoms with Crippen LogP contribution in [-0.2, 0) is 6.54 Å². The third kappa shape index (κ3) is 3.11. The Balaban J connectivity index is 1.42. The highest BCUT2D eigenvalue weighted by Gasteiger charge is 2.38. The minimum atomic E-state index is 0.738. The summed E-state index contributed by atoms with van der Waals surface area (Å²) in [5.74, 6) is 4.00. The summed E-state index contributed by atoms with van der Waals surface area (Å²) < 4.78 is 5.46. The summed E-state index contributed by atoms with van der Waals surface area (Å²) in [6.07, 6.45) is 5.97. The average Bonchev–Trinajstić information content (AvgIpc) is 3.03. The largest absolute Gasteiger partial charge is 0.494 e. The first-order chi connectivity index (χ1) is 9.35. The van der Waals surface area contributed by atoms with Crippen LogP contribution >= 0.6 is 0 Å². The molecule has 2 aliphatic carbocycles. The first-order valence-corrected chi connectivity index (χ1v) is 7.77. The van der Waals surface area contributed by atoms with Crippen LogP contribution in [0, 0.1) is 17.8 Å². The minimum Gasteiger partial charge on any atom is -0.494 e. The predicted molar refractivity (Wildman–Crippen MR) is 78.3 cm³/mol. The first kappa shape index (κ1) is 13.0. The van der Waals surface area contributed by atoms with Crippen LogP contribution in [0.5, 0.6) is 5.75 Å². The topological polar surface area (TPSA) is 21.3 Å². The molecule has 1 N–H and O–H groups in total. The van der Waals surface area contributed by atoms with Gasteiger partial charge in [-0.1, -0.05) is 18.6 Å². The molecule has 2 heteroatoms. The van der Waals surface area contributed by atoms with E-state index >= 15 is 0 Å². The molecule has 0 amide bonds. The first-order valence-electron chi connectivity index (χ1n) is 7.77. The maximum atomic E-state index is 5.46. The molecule has 2 saturated carbocycles. The number of fused-ring (bicyclic) bond motifs is 2. The lowest BCUT2D eigenvalue weighted by Crippen LogP contribution is -2.26. The lowest BCUT2D eigenvalue weighted by molar-refractivity contribution is 0.318. The lowest BCUT2D eigenvalue weighted by atomic mass is 9.89. The lowest BCUT2D eigenvalue weighted by Gasteiger charge is -2.21. The molecule has 19 heavy (non-hydrogen) atoms. The van der Waals surface area contributed by atoms with E-state index in [-0.39, 0.29) is 0 Å². The van der Waals surface area contributed by atoms with Gasteiger partial charge in [-0.15, -0.1) is 0 Å². The maximum absolute atomic E-state index is 5.46. The van der Waals surface area contributed by atoms with Crippen molar-refractivity contribution in [2.24, 2.45) is 17.8 Å². The van der Waals surface area contributed by atoms with Gasteiger partial charge < -0.3 is 10.1 Å². The van der Waals surface area contributed by atoms with Crippen molar-refractivity contribution in [2.45, 2.75) is 39.2 Å². The van der Waals surface area contributed by atoms with Crippen molar-refractivity contribution in [1.29, 1.82) is 0 Å². The van der Waals surface area contributed by atoms with Crippen LogP contribution in [0.1, 0.15) is 38.2 Å². The molecule has 0 heterocycles. The fourth-order valence-corrected chi connectivity index (χ4v) is 3.90. The van der Waals surface area contributed by atoms with Gasteiger partial charge in [-0.05, 0) is 68.2 Å². The van der Waals surface area contributed by atoms with Crippen LogP contribution in [-0.4, -0.2) is 13.2 Å². The molecule has 0 aliphatic heterocycles. The Bertz CT molecular complexity index is 400. The Hall–Kier alpha value is -1.02. The predicted octanol–water partition coefficient (Wildman–Crippen LogP) is 3.61. The van der Waals surface area contributed by atoms with E-state index in [4.69, 9.17) is 4.74 Å². The molecule has 0 radical (unpaired) electrons. The fourth-order valence-electron chi connectivity index (χ4n) is 3.90. The molecule has 2 fully saturated rings. The number of rotatable bonds is 6. The second-order valence-electron chi connectivity index (χ2n) is 6.14. The molecule has 3 rings (SSSR count). The Morgan fingerprint density at radius 3 is 2.63 bits per heavy atom. The van der Waals surface area contributed by atoms with Crippen molar-refractivity contribution in [3.8, 4) is 5.75 Å². The normalized spacial score (nSPS) is 28.8. The van der Waals surface area contributed by atoms with E-state index in [9.17, 15) is 0 Å². The van der Waals surface area contributed by atoms with Gasteiger partial charge in [-0.3, -0.25) is 0 Å². The van der Waals surface area contributed by atoms with Crippen LogP contribution in [0.3, 0.4) is 0 Å². The molecule has 0 saturated heterocycles. The van der Waals surface area contributed by atoms with Gasteiger partial charge in [-0.25, -0.2) is 0 Å². The van der Waals surface area contributed by atoms with E-state index in [1.54, 1.807) is 0 Å². The molecule has 0 aromatic heterocycles. The van der Waals surface area contributed by atoms with Gasteiger partial charge in [0.25, 0.3) is 0 Å². The second-order valence-corrected chi connectivity index (χ2v) is 6.14. The Morgan fingerprint density at radius 2 is 2.00 bits per heavy atom. The van der Waals surface area contributed by atoms with Gasteiger partial charge in [0.1, 0.15) is 5.75 Å². The Kier molecular flexibility index (Phi) is 4.07. The summed E-state index contributed by atoms with van der Waals surface area (Å²) in [6.45, 7) is 4.95. The van der Waals surface area contributed by atoms with E-state index in [1.165, 1.54) is 37.8 Å². The van der Waals surface area contributed by atoms with Gasteiger partial charge in [-0.2, -0.15) is 0 Å². The Labute approximate surface area is 116 Å². The number of hydrogen-bond donors (Lipinski definition) is 1. The summed E-state index contributed by atoms with van der Waals surface area (Å²) in [5, 5.41) is 3.64. The zero-order valence-electron chi connectivity index (χ0n) is 11.9. The van der Waals surface area contributed by atoms with Gasteiger partial charge in [0.15, 0.2) is 0 Å². The van der Waals surface area contributed by atoms with Crippen molar-refractivity contribution < 1.29 is 4.74 Å². The quantitative estimate of drug-likeness (QED) is 0.842. The van der Waals surface area contributed by atoms with Gasteiger partial charge in [0.05, 0.1) is 6.61 Å². The molecule has 104 valence electrons. The molecule has 3 atom stereocenters. The van der Waals surface area contributed by atoms with E-state index < -0.39 is 0 Å². The van der Waals surface area contributed by atoms with E-state index in [1.807, 2.05) is 6.92 Å². The molecule has 2 aliphatic rings. The van der Waals surface area contributed by atoms with Crippen molar-refractivity contribution in [2.75, 3.05) is 13.2 Å². The molecule has 2 nitrogen and oxygen atoms in total. The highest BCUT2D eigenvalue weighted by molar-refractivity contribution is 5.27. The van der Waals surface area contributed by atoms with Crippen LogP contribution < -0.4 is 10.1 Å². The van der Waals surface area contributed by atoms with Crippen LogP contribution in [0.2, 0.25) is 0 Å². The van der Waals surface area contributed by atoms with Crippen molar-refractivity contribution >= 4 is 0 Å². The summed E-state index contributed by atoms with van der Waals surface area (Å²) in [6, 6.07) is 8.47. The molecular weight excluding hydrogens is 234 g/mol. The van der Waals surface area contributed by atoms with Gasteiger partial charge in [0, 0.05) is 6.54 Å². The van der Waals surface area contributed by atoms with E-state index in [0.29, 0.717) is 0 Å². The standard InChI is InChI=1S/C17H25NO/c1-2-19-17-7-4-13(5-8-17)11-18-12-16-10-14-3-6-15(16)9-14/h4-5,7-8,14-16,18H,2-3,6,9-12H2,1H3. The van der Waals surface area contributed by atoms with Gasteiger partial charge >= 0.3 is 0 Å². The zero-order valence-corrected chi connectivity index (χ0v) is 11.9. The monoisotopic (exact) mass is 259 g/mol. The summed E-state index contributed by atoms with van der Waals surface area (Å²) in [5.41, 5.74) is 1.35. The second kappa shape index (κ2) is 5.96. The van der Waals surface area contributed by atoms with E-state index in [0.717, 1.165) is 36.7 Å². The molecule has 2 bridgehead atoms. The maximum Gasteiger partial charge on any atom is 0.119 e. The van der Waals surface area contributed by atoms with Crippen LogP contribution in [0.25, 0.3) is 0 Å². The molecule has 0 spiro atoms. The van der Waals surface area contributed by atoms with Crippen molar-refractivity contribution in [1.82, 2.24) is 5.32 Å². The molecule has 1 aromatic carbocycles. The number of hydrogen-bond acceptors (Lipinski definition) is 2. The molecule has 3 unspecified atom stereocenters. The van der Waals surface area contributed by atoms with Crippen LogP contribution in [0.15, 0.2) is 24.3 Å². The van der Waals surface area contributed by atoms with E-state index in [2.05, 4.69) is 29.6 Å². The number of nitrogens with one attached hydrogen (secondary N) is 1. The highest BCUT2D eigenvalue weighted by Crippen LogP contribution is 2.47. The van der Waals surface area contributed by atoms with Crippen molar-refractivity contribution in [3.05, 3.63) is 29.8 Å². The zero-order chi connectivity index (χ0) is 13.1. The average molecular weight is 259 g/mol. The summed E-state index contributed by atoms with van der Waals surface area (Å²) in [4.78, 5) is 0.